The summed E-state index contributed by atoms with van der Waals surface area (Å²) in [4.78, 5) is 6.91. The molecule has 5 nitrogen and oxygen atoms in total. The highest BCUT2D eigenvalue weighted by atomic mass is 19.1. The van der Waals surface area contributed by atoms with Gasteiger partial charge >= 0.3 is 0 Å². The quantitative estimate of drug-likeness (QED) is 0.934. The van der Waals surface area contributed by atoms with E-state index in [2.05, 4.69) is 39.4 Å². The molecule has 1 aromatic heterocycles. The number of halogens is 1. The van der Waals surface area contributed by atoms with Crippen LogP contribution in [0.1, 0.15) is 30.4 Å². The van der Waals surface area contributed by atoms with E-state index in [1.165, 1.54) is 12.1 Å². The summed E-state index contributed by atoms with van der Waals surface area (Å²) in [6.07, 6.45) is 1.67. The number of aryl methyl sites for hydroxylation is 1. The molecule has 0 spiro atoms. The average Bonchev–Trinajstić information content (AvgIpc) is 2.54. The van der Waals surface area contributed by atoms with Gasteiger partial charge in [-0.3, -0.25) is 0 Å². The van der Waals surface area contributed by atoms with Gasteiger partial charge in [-0.2, -0.15) is 0 Å². The maximum absolute atomic E-state index is 13.1. The van der Waals surface area contributed by atoms with E-state index in [1.54, 1.807) is 12.1 Å². The van der Waals surface area contributed by atoms with Gasteiger partial charge in [0.1, 0.15) is 17.3 Å². The minimum atomic E-state index is -0.231. The summed E-state index contributed by atoms with van der Waals surface area (Å²) < 4.78 is 13.1. The van der Waals surface area contributed by atoms with E-state index in [9.17, 15) is 4.39 Å². The Bertz CT molecular complexity index is 688. The maximum Gasteiger partial charge on any atom is 0.152 e. The second-order valence-corrected chi connectivity index (χ2v) is 6.74. The Hall–Kier alpha value is -2.08. The number of benzene rings is 1. The first-order chi connectivity index (χ1) is 11.5. The molecule has 0 bridgehead atoms. The number of nitrogens with one attached hydrogen (secondary N) is 1. The van der Waals surface area contributed by atoms with Crippen molar-refractivity contribution in [2.24, 2.45) is 5.92 Å². The molecule has 1 N–H and O–H groups in total. The van der Waals surface area contributed by atoms with Gasteiger partial charge < -0.3 is 10.2 Å². The third-order valence-electron chi connectivity index (χ3n) is 4.58. The molecular formula is C18H24FN5. The Balaban J connectivity index is 1.79. The SMILES string of the molecule is Cc1nnc(Cc2ccc(F)cc2)c(NC2CCN(C)CC2C)n1. The van der Waals surface area contributed by atoms with Crippen molar-refractivity contribution >= 4 is 5.82 Å². The monoisotopic (exact) mass is 329 g/mol. The molecule has 2 unspecified atom stereocenters. The number of piperidine rings is 1. The molecule has 2 heterocycles. The van der Waals surface area contributed by atoms with Crippen LogP contribution in [0.2, 0.25) is 0 Å². The van der Waals surface area contributed by atoms with Crippen molar-refractivity contribution < 1.29 is 4.39 Å². The van der Waals surface area contributed by atoms with E-state index < -0.39 is 0 Å². The number of aromatic nitrogens is 3. The first-order valence-electron chi connectivity index (χ1n) is 8.41. The van der Waals surface area contributed by atoms with Gasteiger partial charge in [0.15, 0.2) is 5.82 Å². The molecule has 0 aliphatic carbocycles. The predicted molar refractivity (Wildman–Crippen MR) is 92.5 cm³/mol. The number of hydrogen-bond donors (Lipinski definition) is 1. The largest absolute Gasteiger partial charge is 0.365 e. The zero-order valence-corrected chi connectivity index (χ0v) is 14.5. The van der Waals surface area contributed by atoms with Crippen LogP contribution < -0.4 is 5.32 Å². The van der Waals surface area contributed by atoms with Gasteiger partial charge in [-0.15, -0.1) is 10.2 Å². The molecule has 2 aromatic rings. The lowest BCUT2D eigenvalue weighted by molar-refractivity contribution is 0.206. The molecule has 6 heteroatoms. The average molecular weight is 329 g/mol. The number of hydrogen-bond acceptors (Lipinski definition) is 5. The molecule has 2 atom stereocenters. The normalized spacial score (nSPS) is 21.7. The molecular weight excluding hydrogens is 305 g/mol. The minimum Gasteiger partial charge on any atom is -0.365 e. The first kappa shape index (κ1) is 16.8. The highest BCUT2D eigenvalue weighted by molar-refractivity contribution is 5.43. The van der Waals surface area contributed by atoms with E-state index in [0.29, 0.717) is 24.2 Å². The Kier molecular flexibility index (Phi) is 5.04. The van der Waals surface area contributed by atoms with Gasteiger partial charge in [0.2, 0.25) is 0 Å². The van der Waals surface area contributed by atoms with Gasteiger partial charge in [-0.05, 0) is 50.6 Å². The van der Waals surface area contributed by atoms with E-state index in [4.69, 9.17) is 0 Å². The molecule has 0 amide bonds. The molecule has 1 aromatic carbocycles. The Morgan fingerprint density at radius 2 is 2.00 bits per heavy atom. The fourth-order valence-corrected chi connectivity index (χ4v) is 3.20. The fraction of sp³-hybridized carbons (Fsp3) is 0.500. The van der Waals surface area contributed by atoms with Gasteiger partial charge in [0, 0.05) is 19.0 Å². The molecule has 3 rings (SSSR count). The lowest BCUT2D eigenvalue weighted by Gasteiger charge is -2.35. The topological polar surface area (TPSA) is 53.9 Å². The van der Waals surface area contributed by atoms with Crippen LogP contribution in [-0.4, -0.2) is 46.3 Å². The van der Waals surface area contributed by atoms with Crippen molar-refractivity contribution in [3.05, 3.63) is 47.2 Å². The molecule has 1 aliphatic heterocycles. The van der Waals surface area contributed by atoms with Crippen LogP contribution in [0.4, 0.5) is 10.2 Å². The maximum atomic E-state index is 13.1. The smallest absolute Gasteiger partial charge is 0.152 e. The standard InChI is InChI=1S/C18H24FN5/c1-12-11-24(3)9-8-16(12)21-18-17(23-22-13(2)20-18)10-14-4-6-15(19)7-5-14/h4-7,12,16H,8-11H2,1-3H3,(H,20,21,22). The second-order valence-electron chi connectivity index (χ2n) is 6.74. The van der Waals surface area contributed by atoms with Crippen LogP contribution in [0.5, 0.6) is 0 Å². The summed E-state index contributed by atoms with van der Waals surface area (Å²) in [5.41, 5.74) is 1.80. The van der Waals surface area contributed by atoms with Crippen molar-refractivity contribution in [3.63, 3.8) is 0 Å². The van der Waals surface area contributed by atoms with Crippen LogP contribution >= 0.6 is 0 Å². The molecule has 0 radical (unpaired) electrons. The summed E-state index contributed by atoms with van der Waals surface area (Å²) in [6.45, 7) is 6.25. The van der Waals surface area contributed by atoms with Crippen molar-refractivity contribution in [1.29, 1.82) is 0 Å². The van der Waals surface area contributed by atoms with E-state index in [1.807, 2.05) is 6.92 Å². The van der Waals surface area contributed by atoms with E-state index in [-0.39, 0.29) is 5.82 Å². The summed E-state index contributed by atoms with van der Waals surface area (Å²) in [7, 11) is 2.16. The number of nitrogens with zero attached hydrogens (tertiary/aromatic N) is 4. The van der Waals surface area contributed by atoms with Crippen LogP contribution in [0.15, 0.2) is 24.3 Å². The van der Waals surface area contributed by atoms with Crippen molar-refractivity contribution in [3.8, 4) is 0 Å². The van der Waals surface area contributed by atoms with Gasteiger partial charge in [0.05, 0.1) is 0 Å². The van der Waals surface area contributed by atoms with Crippen LogP contribution in [-0.2, 0) is 6.42 Å². The number of anilines is 1. The number of likely N-dealkylation sites (tertiary alicyclic amines) is 1. The molecule has 0 saturated carbocycles. The van der Waals surface area contributed by atoms with Crippen LogP contribution in [0.3, 0.4) is 0 Å². The zero-order chi connectivity index (χ0) is 17.1. The Morgan fingerprint density at radius 3 is 2.71 bits per heavy atom. The minimum absolute atomic E-state index is 0.231. The lowest BCUT2D eigenvalue weighted by atomic mass is 9.94. The zero-order valence-electron chi connectivity index (χ0n) is 14.5. The summed E-state index contributed by atoms with van der Waals surface area (Å²) in [5.74, 6) is 1.76. The van der Waals surface area contributed by atoms with Crippen molar-refractivity contribution in [1.82, 2.24) is 20.1 Å². The summed E-state index contributed by atoms with van der Waals surface area (Å²) >= 11 is 0. The van der Waals surface area contributed by atoms with E-state index in [0.717, 1.165) is 36.6 Å². The van der Waals surface area contributed by atoms with Gasteiger partial charge in [0.25, 0.3) is 0 Å². The Morgan fingerprint density at radius 1 is 1.25 bits per heavy atom. The first-order valence-corrected chi connectivity index (χ1v) is 8.41. The van der Waals surface area contributed by atoms with E-state index >= 15 is 0 Å². The predicted octanol–water partition coefficient (Wildman–Crippen LogP) is 2.66. The van der Waals surface area contributed by atoms with Crippen LogP contribution in [0, 0.1) is 18.7 Å². The molecule has 24 heavy (non-hydrogen) atoms. The summed E-state index contributed by atoms with van der Waals surface area (Å²) in [5, 5.41) is 12.0. The van der Waals surface area contributed by atoms with Gasteiger partial charge in [-0.25, -0.2) is 9.37 Å². The molecule has 128 valence electrons. The van der Waals surface area contributed by atoms with Crippen LogP contribution in [0.25, 0.3) is 0 Å². The molecule has 1 saturated heterocycles. The fourth-order valence-electron chi connectivity index (χ4n) is 3.20. The number of rotatable bonds is 4. The van der Waals surface area contributed by atoms with Crippen molar-refractivity contribution in [2.45, 2.75) is 32.7 Å². The highest BCUT2D eigenvalue weighted by Gasteiger charge is 2.25. The van der Waals surface area contributed by atoms with Crippen molar-refractivity contribution in [2.75, 3.05) is 25.5 Å². The van der Waals surface area contributed by atoms with Gasteiger partial charge in [-0.1, -0.05) is 19.1 Å². The highest BCUT2D eigenvalue weighted by Crippen LogP contribution is 2.22. The molecule has 1 aliphatic rings. The lowest BCUT2D eigenvalue weighted by Crippen LogP contribution is -2.43. The third kappa shape index (κ3) is 4.06. The Labute approximate surface area is 142 Å². The molecule has 1 fully saturated rings. The second kappa shape index (κ2) is 7.21. The summed E-state index contributed by atoms with van der Waals surface area (Å²) in [6, 6.07) is 6.87. The third-order valence-corrected chi connectivity index (χ3v) is 4.58.